The number of ether oxygens (including phenoxy) is 2. The summed E-state index contributed by atoms with van der Waals surface area (Å²) >= 11 is 0. The molecule has 244 valence electrons. The molecule has 2 fully saturated rings. The molecule has 1 spiro atoms. The molecule has 13 heteroatoms. The second-order valence-corrected chi connectivity index (χ2v) is 13.2. The highest BCUT2D eigenvalue weighted by atomic mass is 19.4. The van der Waals surface area contributed by atoms with E-state index in [0.717, 1.165) is 54.7 Å². The largest absolute Gasteiger partial charge is 0.443 e. The first-order valence-electron chi connectivity index (χ1n) is 15.4. The van der Waals surface area contributed by atoms with E-state index in [9.17, 15) is 18.0 Å². The SMILES string of the molecule is Cn1cc(C(F)(F)F)nc1-c1ccc(Cc2cn(C(=O)OC(C)(C)C)c3cnc(-c4cccnc4N4CCC45CCOC5)nc23)cc1. The maximum atomic E-state index is 13.3. The number of hydrogen-bond donors (Lipinski definition) is 0. The van der Waals surface area contributed by atoms with Crippen molar-refractivity contribution in [2.24, 2.45) is 7.05 Å². The van der Waals surface area contributed by atoms with Crippen molar-refractivity contribution in [3.63, 3.8) is 0 Å². The molecule has 0 saturated carbocycles. The molecular formula is C34H34F3N7O3. The Morgan fingerprint density at radius 1 is 1.04 bits per heavy atom. The number of rotatable bonds is 5. The van der Waals surface area contributed by atoms with Crippen LogP contribution in [0.3, 0.4) is 0 Å². The molecule has 0 bridgehead atoms. The Morgan fingerprint density at radius 3 is 2.47 bits per heavy atom. The highest BCUT2D eigenvalue weighted by molar-refractivity contribution is 5.91. The maximum Gasteiger partial charge on any atom is 0.434 e. The maximum absolute atomic E-state index is 13.3. The summed E-state index contributed by atoms with van der Waals surface area (Å²) in [5, 5.41) is 0. The average Bonchev–Trinajstić information content (AvgIpc) is 3.75. The van der Waals surface area contributed by atoms with Gasteiger partial charge in [0.15, 0.2) is 11.5 Å². The summed E-state index contributed by atoms with van der Waals surface area (Å²) in [6.07, 6.45) is 3.37. The topological polar surface area (TPSA) is 100 Å². The summed E-state index contributed by atoms with van der Waals surface area (Å²) in [5.41, 5.74) is 2.32. The molecule has 47 heavy (non-hydrogen) atoms. The molecule has 10 nitrogen and oxygen atoms in total. The van der Waals surface area contributed by atoms with Gasteiger partial charge in [0.05, 0.1) is 34.9 Å². The molecule has 1 aromatic carbocycles. The lowest BCUT2D eigenvalue weighted by Crippen LogP contribution is -2.61. The highest BCUT2D eigenvalue weighted by Crippen LogP contribution is 2.43. The quantitative estimate of drug-likeness (QED) is 0.209. The normalized spacial score (nSPS) is 18.2. The summed E-state index contributed by atoms with van der Waals surface area (Å²) in [5.74, 6) is 1.49. The van der Waals surface area contributed by atoms with Crippen molar-refractivity contribution >= 4 is 22.9 Å². The monoisotopic (exact) mass is 645 g/mol. The van der Waals surface area contributed by atoms with Crippen LogP contribution in [0.15, 0.2) is 61.2 Å². The zero-order valence-corrected chi connectivity index (χ0v) is 26.5. The third-order valence-corrected chi connectivity index (χ3v) is 8.72. The lowest BCUT2D eigenvalue weighted by molar-refractivity contribution is -0.140. The summed E-state index contributed by atoms with van der Waals surface area (Å²) < 4.78 is 53.9. The number of nitrogens with zero attached hydrogens (tertiary/aromatic N) is 7. The van der Waals surface area contributed by atoms with Gasteiger partial charge in [0.2, 0.25) is 0 Å². The fourth-order valence-corrected chi connectivity index (χ4v) is 6.32. The Balaban J connectivity index is 1.26. The molecule has 2 saturated heterocycles. The van der Waals surface area contributed by atoms with Gasteiger partial charge in [-0.2, -0.15) is 13.2 Å². The van der Waals surface area contributed by atoms with E-state index in [1.54, 1.807) is 51.5 Å². The Kier molecular flexibility index (Phi) is 7.34. The molecule has 0 aliphatic carbocycles. The molecule has 0 radical (unpaired) electrons. The first-order chi connectivity index (χ1) is 22.3. The van der Waals surface area contributed by atoms with Gasteiger partial charge in [-0.1, -0.05) is 24.3 Å². The van der Waals surface area contributed by atoms with Crippen molar-refractivity contribution in [1.29, 1.82) is 0 Å². The molecule has 2 aliphatic heterocycles. The zero-order chi connectivity index (χ0) is 33.1. The van der Waals surface area contributed by atoms with Crippen LogP contribution in [0.4, 0.5) is 23.8 Å². The highest BCUT2D eigenvalue weighted by Gasteiger charge is 2.49. The van der Waals surface area contributed by atoms with Crippen LogP contribution < -0.4 is 4.90 Å². The number of halogens is 3. The van der Waals surface area contributed by atoms with Crippen molar-refractivity contribution in [1.82, 2.24) is 29.1 Å². The van der Waals surface area contributed by atoms with Crippen LogP contribution in [0.25, 0.3) is 33.8 Å². The third kappa shape index (κ3) is 5.73. The minimum Gasteiger partial charge on any atom is -0.443 e. The van der Waals surface area contributed by atoms with Crippen molar-refractivity contribution in [3.05, 3.63) is 78.0 Å². The van der Waals surface area contributed by atoms with E-state index in [-0.39, 0.29) is 11.4 Å². The van der Waals surface area contributed by atoms with Crippen LogP contribution in [0.2, 0.25) is 0 Å². The van der Waals surface area contributed by atoms with E-state index in [0.29, 0.717) is 35.4 Å². The number of imidazole rings is 1. The van der Waals surface area contributed by atoms with E-state index in [2.05, 4.69) is 9.88 Å². The minimum atomic E-state index is -4.53. The van der Waals surface area contributed by atoms with Crippen LogP contribution in [0.5, 0.6) is 0 Å². The number of anilines is 1. The number of aryl methyl sites for hydroxylation is 1. The van der Waals surface area contributed by atoms with Crippen molar-refractivity contribution in [2.75, 3.05) is 24.7 Å². The predicted octanol–water partition coefficient (Wildman–Crippen LogP) is 6.66. The third-order valence-electron chi connectivity index (χ3n) is 8.72. The summed E-state index contributed by atoms with van der Waals surface area (Å²) in [6.45, 7) is 7.65. The standard InChI is InChI=1S/C34H34F3N7O3/c1-32(2,3)47-31(45)43-18-23(16-21-7-9-22(10-8-21)29-40-26(19-42(29)4)34(35,36)37)27-25(43)17-39-28(41-27)24-6-5-13-38-30(24)44-14-11-33(44)12-15-46-20-33/h5-10,13,17-19H,11-12,14-16,20H2,1-4H3. The molecule has 4 aromatic heterocycles. The molecule has 1 unspecified atom stereocenters. The van der Waals surface area contributed by atoms with Crippen LogP contribution in [0, 0.1) is 0 Å². The van der Waals surface area contributed by atoms with Gasteiger partial charge in [-0.15, -0.1) is 0 Å². The van der Waals surface area contributed by atoms with E-state index < -0.39 is 23.6 Å². The smallest absolute Gasteiger partial charge is 0.434 e. The van der Waals surface area contributed by atoms with E-state index in [1.165, 1.54) is 16.2 Å². The average molecular weight is 646 g/mol. The van der Waals surface area contributed by atoms with Crippen LogP contribution in [-0.4, -0.2) is 66.1 Å². The van der Waals surface area contributed by atoms with Crippen molar-refractivity contribution in [3.8, 4) is 22.8 Å². The predicted molar refractivity (Wildman–Crippen MR) is 169 cm³/mol. The van der Waals surface area contributed by atoms with Crippen LogP contribution in [0.1, 0.15) is 50.4 Å². The van der Waals surface area contributed by atoms with Gasteiger partial charge in [0, 0.05) is 56.3 Å². The van der Waals surface area contributed by atoms with Gasteiger partial charge in [-0.05, 0) is 51.3 Å². The van der Waals surface area contributed by atoms with E-state index in [1.807, 2.05) is 24.3 Å². The Labute approximate surface area is 269 Å². The summed E-state index contributed by atoms with van der Waals surface area (Å²) in [6, 6.07) is 11.0. The lowest BCUT2D eigenvalue weighted by Gasteiger charge is -2.51. The lowest BCUT2D eigenvalue weighted by atomic mass is 9.83. The number of aromatic nitrogens is 6. The second kappa shape index (κ2) is 11.2. The molecule has 5 aromatic rings. The second-order valence-electron chi connectivity index (χ2n) is 13.2. The molecule has 0 N–H and O–H groups in total. The zero-order valence-electron chi connectivity index (χ0n) is 26.5. The molecule has 0 amide bonds. The molecule has 6 heterocycles. The number of fused-ring (bicyclic) bond motifs is 1. The van der Waals surface area contributed by atoms with Crippen LogP contribution in [-0.2, 0) is 29.1 Å². The Hall–Kier alpha value is -4.78. The van der Waals surface area contributed by atoms with Gasteiger partial charge in [0.1, 0.15) is 17.2 Å². The number of alkyl halides is 3. The number of pyridine rings is 1. The van der Waals surface area contributed by atoms with E-state index >= 15 is 0 Å². The van der Waals surface area contributed by atoms with E-state index in [4.69, 9.17) is 24.4 Å². The summed E-state index contributed by atoms with van der Waals surface area (Å²) in [4.78, 5) is 33.8. The fourth-order valence-electron chi connectivity index (χ4n) is 6.32. The van der Waals surface area contributed by atoms with Crippen molar-refractivity contribution < 1.29 is 27.4 Å². The Morgan fingerprint density at radius 2 is 1.83 bits per heavy atom. The first kappa shape index (κ1) is 30.9. The van der Waals surface area contributed by atoms with Crippen LogP contribution >= 0.6 is 0 Å². The van der Waals surface area contributed by atoms with Gasteiger partial charge < -0.3 is 18.9 Å². The number of hydrogen-bond acceptors (Lipinski definition) is 8. The molecule has 1 atom stereocenters. The molecule has 2 aliphatic rings. The minimum absolute atomic E-state index is 0.0617. The van der Waals surface area contributed by atoms with Gasteiger partial charge in [0.25, 0.3) is 0 Å². The van der Waals surface area contributed by atoms with Crippen molar-refractivity contribution in [2.45, 2.75) is 57.3 Å². The number of benzene rings is 1. The van der Waals surface area contributed by atoms with Gasteiger partial charge in [-0.3, -0.25) is 0 Å². The van der Waals surface area contributed by atoms with Gasteiger partial charge in [-0.25, -0.2) is 29.3 Å². The Bertz CT molecular complexity index is 1970. The fraction of sp³-hybridized carbons (Fsp3) is 0.382. The number of carbonyl (C=O) groups is 1. The molecule has 7 rings (SSSR count). The first-order valence-corrected chi connectivity index (χ1v) is 15.4. The molecular weight excluding hydrogens is 611 g/mol. The summed E-state index contributed by atoms with van der Waals surface area (Å²) in [7, 11) is 1.53. The number of carbonyl (C=O) groups excluding carboxylic acids is 1. The van der Waals surface area contributed by atoms with Gasteiger partial charge >= 0.3 is 12.3 Å².